The van der Waals surface area contributed by atoms with Crippen molar-refractivity contribution in [1.82, 2.24) is 9.47 Å². The summed E-state index contributed by atoms with van der Waals surface area (Å²) in [6, 6.07) is 24.9. The fourth-order valence-corrected chi connectivity index (χ4v) is 5.18. The number of hydrogen-bond donors (Lipinski definition) is 3. The number of carbonyl (C=O) groups is 3. The van der Waals surface area contributed by atoms with E-state index in [9.17, 15) is 14.4 Å². The Kier molecular flexibility index (Phi) is 6.74. The summed E-state index contributed by atoms with van der Waals surface area (Å²) in [4.78, 5) is 40.5. The molecule has 5 N–H and O–H groups in total. The highest BCUT2D eigenvalue weighted by Crippen LogP contribution is 2.32. The summed E-state index contributed by atoms with van der Waals surface area (Å²) in [5, 5.41) is 3.55. The van der Waals surface area contributed by atoms with E-state index >= 15 is 0 Å². The number of primary amides is 1. The number of benzene rings is 3. The average Bonchev–Trinajstić information content (AvgIpc) is 3.49. The molecule has 0 spiro atoms. The van der Waals surface area contributed by atoms with Gasteiger partial charge in [-0.25, -0.2) is 9.59 Å². The number of anilines is 1. The van der Waals surface area contributed by atoms with Crippen molar-refractivity contribution in [2.24, 2.45) is 11.5 Å². The third kappa shape index (κ3) is 4.96. The number of likely N-dealkylation sites (tertiary alicyclic amines) is 1. The summed E-state index contributed by atoms with van der Waals surface area (Å²) in [5.74, 6) is -0.175. The standard InChI is InChI=1S/C29H29N5O3/c30-21-15-26(27(35)16-23(19-9-3-1-4-10-19)20-11-5-2-6-12-20)34(17-21)29(37)32-24-18-33(28(31)36)25-14-8-7-13-22(24)25/h1-14,18,21,23,26H,15-17,30H2,(H2,31,36)(H,32,37)/t21-,26-/m0/s1. The van der Waals surface area contributed by atoms with E-state index in [2.05, 4.69) is 5.32 Å². The third-order valence-electron chi connectivity index (χ3n) is 6.97. The maximum atomic E-state index is 13.7. The molecule has 1 aliphatic heterocycles. The van der Waals surface area contributed by atoms with Gasteiger partial charge in [0.25, 0.3) is 0 Å². The van der Waals surface area contributed by atoms with Gasteiger partial charge in [0.2, 0.25) is 0 Å². The first-order valence-corrected chi connectivity index (χ1v) is 12.3. The number of ketones is 1. The smallest absolute Gasteiger partial charge is 0.323 e. The minimum absolute atomic E-state index is 0.0413. The molecule has 8 nitrogen and oxygen atoms in total. The molecule has 2 atom stereocenters. The number of carbonyl (C=O) groups excluding carboxylic acids is 3. The van der Waals surface area contributed by atoms with Crippen molar-refractivity contribution < 1.29 is 14.4 Å². The average molecular weight is 496 g/mol. The summed E-state index contributed by atoms with van der Waals surface area (Å²) in [5.41, 5.74) is 14.9. The molecule has 1 aliphatic rings. The fourth-order valence-electron chi connectivity index (χ4n) is 5.18. The van der Waals surface area contributed by atoms with Gasteiger partial charge in [0, 0.05) is 36.5 Å². The number of nitrogens with two attached hydrogens (primary N) is 2. The Hall–Kier alpha value is -4.43. The van der Waals surface area contributed by atoms with Crippen LogP contribution in [0.4, 0.5) is 15.3 Å². The van der Waals surface area contributed by atoms with Gasteiger partial charge < -0.3 is 21.7 Å². The number of nitrogens with one attached hydrogen (secondary N) is 1. The van der Waals surface area contributed by atoms with E-state index in [1.165, 1.54) is 15.7 Å². The van der Waals surface area contributed by atoms with E-state index in [0.717, 1.165) is 11.1 Å². The van der Waals surface area contributed by atoms with Crippen LogP contribution in [0.1, 0.15) is 29.9 Å². The monoisotopic (exact) mass is 495 g/mol. The summed E-state index contributed by atoms with van der Waals surface area (Å²) < 4.78 is 1.29. The maximum Gasteiger partial charge on any atom is 0.323 e. The lowest BCUT2D eigenvalue weighted by molar-refractivity contribution is -0.122. The largest absolute Gasteiger partial charge is 0.351 e. The highest BCUT2D eigenvalue weighted by Gasteiger charge is 2.39. The normalized spacial score (nSPS) is 17.3. The van der Waals surface area contributed by atoms with Crippen LogP contribution < -0.4 is 16.8 Å². The van der Waals surface area contributed by atoms with E-state index in [1.807, 2.05) is 66.7 Å². The van der Waals surface area contributed by atoms with Gasteiger partial charge in [-0.2, -0.15) is 0 Å². The zero-order valence-corrected chi connectivity index (χ0v) is 20.3. The van der Waals surface area contributed by atoms with Crippen LogP contribution in [0.2, 0.25) is 0 Å². The number of urea groups is 1. The molecule has 8 heteroatoms. The predicted molar refractivity (Wildman–Crippen MR) is 143 cm³/mol. The Morgan fingerprint density at radius 1 is 0.892 bits per heavy atom. The van der Waals surface area contributed by atoms with Gasteiger partial charge in [0.15, 0.2) is 5.78 Å². The summed E-state index contributed by atoms with van der Waals surface area (Å²) in [6.07, 6.45) is 2.14. The first-order chi connectivity index (χ1) is 17.9. The Bertz CT molecular complexity index is 1390. The Morgan fingerprint density at radius 3 is 2.11 bits per heavy atom. The lowest BCUT2D eigenvalue weighted by Gasteiger charge is -2.26. The highest BCUT2D eigenvalue weighted by atomic mass is 16.2. The third-order valence-corrected chi connectivity index (χ3v) is 6.97. The van der Waals surface area contributed by atoms with Crippen LogP contribution in [-0.2, 0) is 4.79 Å². The number of hydrogen-bond acceptors (Lipinski definition) is 4. The molecule has 0 unspecified atom stereocenters. The molecule has 0 bridgehead atoms. The van der Waals surface area contributed by atoms with Crippen molar-refractivity contribution in [2.45, 2.75) is 30.8 Å². The number of amides is 3. The first-order valence-electron chi connectivity index (χ1n) is 12.3. The van der Waals surface area contributed by atoms with Gasteiger partial charge in [-0.05, 0) is 23.6 Å². The summed E-state index contributed by atoms with van der Waals surface area (Å²) >= 11 is 0. The Morgan fingerprint density at radius 2 is 1.49 bits per heavy atom. The molecule has 2 heterocycles. The SMILES string of the molecule is NC(=O)n1cc(NC(=O)N2C[C@@H](N)C[C@H]2C(=O)CC(c2ccccc2)c2ccccc2)c2ccccc21. The second-order valence-corrected chi connectivity index (χ2v) is 9.41. The minimum atomic E-state index is -0.652. The second kappa shape index (κ2) is 10.3. The minimum Gasteiger partial charge on any atom is -0.351 e. The van der Waals surface area contributed by atoms with Gasteiger partial charge >= 0.3 is 12.1 Å². The van der Waals surface area contributed by atoms with Gasteiger partial charge in [-0.15, -0.1) is 0 Å². The van der Waals surface area contributed by atoms with E-state index in [1.54, 1.807) is 18.2 Å². The highest BCUT2D eigenvalue weighted by molar-refractivity contribution is 6.05. The summed E-state index contributed by atoms with van der Waals surface area (Å²) in [6.45, 7) is 0.262. The van der Waals surface area contributed by atoms with Crippen LogP contribution >= 0.6 is 0 Å². The molecule has 188 valence electrons. The second-order valence-electron chi connectivity index (χ2n) is 9.41. The molecule has 0 radical (unpaired) electrons. The van der Waals surface area contributed by atoms with Crippen molar-refractivity contribution in [3.8, 4) is 0 Å². The van der Waals surface area contributed by atoms with Crippen LogP contribution in [0.3, 0.4) is 0 Å². The zero-order valence-electron chi connectivity index (χ0n) is 20.3. The molecular weight excluding hydrogens is 466 g/mol. The molecule has 5 rings (SSSR count). The number of aromatic nitrogens is 1. The van der Waals surface area contributed by atoms with Crippen molar-refractivity contribution in [3.05, 3.63) is 102 Å². The predicted octanol–water partition coefficient (Wildman–Crippen LogP) is 4.29. The van der Waals surface area contributed by atoms with E-state index < -0.39 is 18.1 Å². The summed E-state index contributed by atoms with van der Waals surface area (Å²) in [7, 11) is 0. The molecule has 0 saturated carbocycles. The molecule has 4 aromatic rings. The quantitative estimate of drug-likeness (QED) is 0.369. The molecule has 1 saturated heterocycles. The topological polar surface area (TPSA) is 123 Å². The van der Waals surface area contributed by atoms with Crippen molar-refractivity contribution >= 4 is 34.4 Å². The Balaban J connectivity index is 1.39. The first kappa shape index (κ1) is 24.3. The van der Waals surface area contributed by atoms with Crippen molar-refractivity contribution in [3.63, 3.8) is 0 Å². The van der Waals surface area contributed by atoms with Crippen LogP contribution in [-0.4, -0.2) is 45.9 Å². The molecule has 1 aromatic heterocycles. The van der Waals surface area contributed by atoms with Gasteiger partial charge in [-0.3, -0.25) is 9.36 Å². The molecular formula is C29H29N5O3. The Labute approximate surface area is 214 Å². The van der Waals surface area contributed by atoms with Crippen molar-refractivity contribution in [2.75, 3.05) is 11.9 Å². The van der Waals surface area contributed by atoms with Crippen LogP contribution in [0.25, 0.3) is 10.9 Å². The number of rotatable bonds is 6. The number of fused-ring (bicyclic) bond motifs is 1. The fraction of sp³-hybridized carbons (Fsp3) is 0.207. The van der Waals surface area contributed by atoms with E-state index in [-0.39, 0.29) is 30.7 Å². The van der Waals surface area contributed by atoms with E-state index in [4.69, 9.17) is 11.5 Å². The lowest BCUT2D eigenvalue weighted by Crippen LogP contribution is -2.43. The molecule has 1 fully saturated rings. The lowest BCUT2D eigenvalue weighted by atomic mass is 9.85. The maximum absolute atomic E-state index is 13.7. The molecule has 0 aliphatic carbocycles. The van der Waals surface area contributed by atoms with E-state index in [0.29, 0.717) is 23.0 Å². The van der Waals surface area contributed by atoms with Crippen LogP contribution in [0.15, 0.2) is 91.1 Å². The number of para-hydroxylation sites is 1. The van der Waals surface area contributed by atoms with Gasteiger partial charge in [0.1, 0.15) is 0 Å². The molecule has 37 heavy (non-hydrogen) atoms. The van der Waals surface area contributed by atoms with Crippen molar-refractivity contribution in [1.29, 1.82) is 0 Å². The van der Waals surface area contributed by atoms with Crippen LogP contribution in [0.5, 0.6) is 0 Å². The van der Waals surface area contributed by atoms with Crippen LogP contribution in [0, 0.1) is 0 Å². The van der Waals surface area contributed by atoms with Gasteiger partial charge in [0.05, 0.1) is 17.2 Å². The number of nitrogens with zero attached hydrogens (tertiary/aromatic N) is 2. The molecule has 3 amide bonds. The molecule has 3 aromatic carbocycles. The zero-order chi connectivity index (χ0) is 25.9. The van der Waals surface area contributed by atoms with Gasteiger partial charge in [-0.1, -0.05) is 78.9 Å². The number of Topliss-reactive ketones (excluding diaryl/α,β-unsaturated/α-hetero) is 1.